The quantitative estimate of drug-likeness (QED) is 0.836. The third-order valence-electron chi connectivity index (χ3n) is 3.43. The number of hydrogen-bond donors (Lipinski definition) is 0. The molecule has 1 aromatic heterocycles. The molecule has 1 unspecified atom stereocenters. The summed E-state index contributed by atoms with van der Waals surface area (Å²) in [5.41, 5.74) is 0.991. The fourth-order valence-corrected chi connectivity index (χ4v) is 2.87. The topological polar surface area (TPSA) is 27.0 Å². The molecule has 0 spiro atoms. The molecular formula is C16H17FN2S. The van der Waals surface area contributed by atoms with Crippen LogP contribution in [0.2, 0.25) is 0 Å². The van der Waals surface area contributed by atoms with E-state index in [1.54, 1.807) is 23.5 Å². The Kier molecular flexibility index (Phi) is 4.89. The van der Waals surface area contributed by atoms with Crippen LogP contribution in [-0.2, 0) is 13.0 Å². The largest absolute Gasteiger partial charge is 0.299 e. The van der Waals surface area contributed by atoms with E-state index in [1.807, 2.05) is 19.2 Å². The number of hydrogen-bond acceptors (Lipinski definition) is 3. The summed E-state index contributed by atoms with van der Waals surface area (Å²) in [6.45, 7) is 2.69. The monoisotopic (exact) mass is 288 g/mol. The Balaban J connectivity index is 2.00. The van der Waals surface area contributed by atoms with Crippen LogP contribution in [0.3, 0.4) is 0 Å². The highest BCUT2D eigenvalue weighted by atomic mass is 32.1. The van der Waals surface area contributed by atoms with Gasteiger partial charge in [-0.1, -0.05) is 12.1 Å². The van der Waals surface area contributed by atoms with Crippen molar-refractivity contribution in [3.8, 4) is 6.07 Å². The standard InChI is InChI=1S/C16H17FN2S/c1-12(8-15-4-3-7-20-15)19(2)11-14-6-5-13(10-18)9-16(14)17/h3-7,9,12H,8,11H2,1-2H3. The molecule has 0 aliphatic carbocycles. The second-order valence-corrected chi connectivity index (χ2v) is 6.00. The summed E-state index contributed by atoms with van der Waals surface area (Å²) in [4.78, 5) is 3.47. The maximum Gasteiger partial charge on any atom is 0.129 e. The lowest BCUT2D eigenvalue weighted by atomic mass is 10.1. The van der Waals surface area contributed by atoms with Crippen LogP contribution in [0.4, 0.5) is 4.39 Å². The van der Waals surface area contributed by atoms with Crippen LogP contribution in [0.1, 0.15) is 22.9 Å². The third kappa shape index (κ3) is 3.66. The normalized spacial score (nSPS) is 12.3. The van der Waals surface area contributed by atoms with E-state index < -0.39 is 0 Å². The molecule has 104 valence electrons. The van der Waals surface area contributed by atoms with Crippen LogP contribution in [0.5, 0.6) is 0 Å². The predicted octanol–water partition coefficient (Wildman–Crippen LogP) is 3.82. The number of thiophene rings is 1. The summed E-state index contributed by atoms with van der Waals surface area (Å²) in [5.74, 6) is -0.306. The minimum Gasteiger partial charge on any atom is -0.299 e. The molecule has 0 aliphatic rings. The van der Waals surface area contributed by atoms with Gasteiger partial charge in [0.2, 0.25) is 0 Å². The van der Waals surface area contributed by atoms with Crippen LogP contribution < -0.4 is 0 Å². The van der Waals surface area contributed by atoms with Gasteiger partial charge in [0, 0.05) is 23.0 Å². The first-order valence-corrected chi connectivity index (χ1v) is 7.39. The van der Waals surface area contributed by atoms with Crippen molar-refractivity contribution in [3.05, 3.63) is 57.5 Å². The van der Waals surface area contributed by atoms with Gasteiger partial charge < -0.3 is 0 Å². The predicted molar refractivity (Wildman–Crippen MR) is 80.1 cm³/mol. The number of benzene rings is 1. The van der Waals surface area contributed by atoms with E-state index in [1.165, 1.54) is 10.9 Å². The fraction of sp³-hybridized carbons (Fsp3) is 0.312. The minimum absolute atomic E-state index is 0.306. The highest BCUT2D eigenvalue weighted by Gasteiger charge is 2.13. The van der Waals surface area contributed by atoms with E-state index in [2.05, 4.69) is 23.3 Å². The Morgan fingerprint density at radius 3 is 2.80 bits per heavy atom. The molecule has 0 saturated heterocycles. The SMILES string of the molecule is CC(Cc1cccs1)N(C)Cc1ccc(C#N)cc1F. The Morgan fingerprint density at radius 1 is 1.40 bits per heavy atom. The van der Waals surface area contributed by atoms with Crippen molar-refractivity contribution >= 4 is 11.3 Å². The molecule has 1 heterocycles. The maximum atomic E-state index is 13.9. The lowest BCUT2D eigenvalue weighted by molar-refractivity contribution is 0.245. The van der Waals surface area contributed by atoms with Gasteiger partial charge in [-0.2, -0.15) is 5.26 Å². The van der Waals surface area contributed by atoms with Gasteiger partial charge >= 0.3 is 0 Å². The summed E-state index contributed by atoms with van der Waals surface area (Å²) in [6.07, 6.45) is 0.964. The van der Waals surface area contributed by atoms with Gasteiger partial charge in [-0.3, -0.25) is 4.90 Å². The fourth-order valence-electron chi connectivity index (χ4n) is 2.05. The lowest BCUT2D eigenvalue weighted by Crippen LogP contribution is -2.30. The Hall–Kier alpha value is -1.70. The van der Waals surface area contributed by atoms with Crippen LogP contribution >= 0.6 is 11.3 Å². The average Bonchev–Trinajstić information content (AvgIpc) is 2.93. The molecule has 4 heteroatoms. The van der Waals surface area contributed by atoms with Gasteiger partial charge in [0.1, 0.15) is 5.82 Å². The third-order valence-corrected chi connectivity index (χ3v) is 4.33. The molecule has 1 aromatic carbocycles. The molecule has 2 rings (SSSR count). The van der Waals surface area contributed by atoms with Crippen molar-refractivity contribution in [2.45, 2.75) is 25.9 Å². The molecule has 20 heavy (non-hydrogen) atoms. The Bertz CT molecular complexity index is 601. The summed E-state index contributed by atoms with van der Waals surface area (Å²) < 4.78 is 13.9. The van der Waals surface area contributed by atoms with Gasteiger partial charge in [0.05, 0.1) is 11.6 Å². The van der Waals surface area contributed by atoms with E-state index in [4.69, 9.17) is 5.26 Å². The Labute approximate surface area is 123 Å². The molecule has 0 fully saturated rings. The van der Waals surface area contributed by atoms with Crippen molar-refractivity contribution in [3.63, 3.8) is 0 Å². The van der Waals surface area contributed by atoms with E-state index in [-0.39, 0.29) is 5.82 Å². The van der Waals surface area contributed by atoms with Gasteiger partial charge in [0.25, 0.3) is 0 Å². The second-order valence-electron chi connectivity index (χ2n) is 4.97. The molecule has 0 radical (unpaired) electrons. The molecule has 0 aliphatic heterocycles. The van der Waals surface area contributed by atoms with Crippen LogP contribution in [0.25, 0.3) is 0 Å². The van der Waals surface area contributed by atoms with Crippen molar-refractivity contribution in [1.82, 2.24) is 4.90 Å². The summed E-state index contributed by atoms with van der Waals surface area (Å²) in [7, 11) is 2.00. The van der Waals surface area contributed by atoms with Crippen molar-refractivity contribution in [2.24, 2.45) is 0 Å². The van der Waals surface area contributed by atoms with Crippen LogP contribution in [0.15, 0.2) is 35.7 Å². The van der Waals surface area contributed by atoms with Gasteiger partial charge in [0.15, 0.2) is 0 Å². The average molecular weight is 288 g/mol. The van der Waals surface area contributed by atoms with Gasteiger partial charge in [-0.05, 0) is 44.0 Å². The van der Waals surface area contributed by atoms with E-state index in [9.17, 15) is 4.39 Å². The molecule has 0 N–H and O–H groups in total. The molecule has 2 nitrogen and oxygen atoms in total. The van der Waals surface area contributed by atoms with Crippen molar-refractivity contribution < 1.29 is 4.39 Å². The zero-order chi connectivity index (χ0) is 14.5. The molecular weight excluding hydrogens is 271 g/mol. The maximum absolute atomic E-state index is 13.9. The summed E-state index contributed by atoms with van der Waals surface area (Å²) >= 11 is 1.75. The van der Waals surface area contributed by atoms with E-state index in [0.717, 1.165) is 6.42 Å². The molecule has 0 amide bonds. The van der Waals surface area contributed by atoms with Crippen LogP contribution in [-0.4, -0.2) is 18.0 Å². The highest BCUT2D eigenvalue weighted by molar-refractivity contribution is 7.09. The smallest absolute Gasteiger partial charge is 0.129 e. The zero-order valence-corrected chi connectivity index (χ0v) is 12.5. The number of likely N-dealkylation sites (N-methyl/N-ethyl adjacent to an activating group) is 1. The van der Waals surface area contributed by atoms with Gasteiger partial charge in [-0.25, -0.2) is 4.39 Å². The Morgan fingerprint density at radius 2 is 2.20 bits per heavy atom. The van der Waals surface area contributed by atoms with Crippen molar-refractivity contribution in [2.75, 3.05) is 7.05 Å². The first kappa shape index (κ1) is 14.7. The number of halogens is 1. The lowest BCUT2D eigenvalue weighted by Gasteiger charge is -2.24. The van der Waals surface area contributed by atoms with Crippen LogP contribution in [0, 0.1) is 17.1 Å². The zero-order valence-electron chi connectivity index (χ0n) is 11.6. The van der Waals surface area contributed by atoms with E-state index in [0.29, 0.717) is 23.7 Å². The number of rotatable bonds is 5. The first-order valence-electron chi connectivity index (χ1n) is 6.51. The van der Waals surface area contributed by atoms with Crippen molar-refractivity contribution in [1.29, 1.82) is 5.26 Å². The summed E-state index contributed by atoms with van der Waals surface area (Å²) in [6, 6.07) is 11.1. The van der Waals surface area contributed by atoms with E-state index >= 15 is 0 Å². The molecule has 2 aromatic rings. The molecule has 0 saturated carbocycles. The first-order chi connectivity index (χ1) is 9.60. The number of nitriles is 1. The number of nitrogens with zero attached hydrogens (tertiary/aromatic N) is 2. The highest BCUT2D eigenvalue weighted by Crippen LogP contribution is 2.17. The minimum atomic E-state index is -0.306. The molecule has 1 atom stereocenters. The van der Waals surface area contributed by atoms with Gasteiger partial charge in [-0.15, -0.1) is 11.3 Å². The summed E-state index contributed by atoms with van der Waals surface area (Å²) in [5, 5.41) is 10.8. The molecule has 0 bridgehead atoms. The second kappa shape index (κ2) is 6.65.